The summed E-state index contributed by atoms with van der Waals surface area (Å²) < 4.78 is 84.1. The van der Waals surface area contributed by atoms with Crippen molar-refractivity contribution < 1.29 is 26.3 Å². The smallest absolute Gasteiger partial charge is 0.267 e. The molecule has 4 aromatic rings. The van der Waals surface area contributed by atoms with Crippen molar-refractivity contribution in [2.75, 3.05) is 0 Å². The van der Waals surface area contributed by atoms with E-state index in [2.05, 4.69) is 20.4 Å². The third kappa shape index (κ3) is 6.09. The molecule has 5 rings (SSSR count). The number of halogens is 6. The van der Waals surface area contributed by atoms with Crippen LogP contribution in [0, 0.1) is 12.7 Å². The summed E-state index contributed by atoms with van der Waals surface area (Å²) in [4.78, 5) is 17.8. The molecule has 1 saturated carbocycles. The van der Waals surface area contributed by atoms with Crippen molar-refractivity contribution in [2.45, 2.75) is 70.0 Å². The lowest BCUT2D eigenvalue weighted by molar-refractivity contribution is -0.127. The van der Waals surface area contributed by atoms with Crippen LogP contribution >= 0.6 is 0 Å². The van der Waals surface area contributed by atoms with Gasteiger partial charge in [-0.05, 0) is 79.3 Å². The molecule has 0 radical (unpaired) electrons. The molecule has 0 saturated heterocycles. The first-order valence-corrected chi connectivity index (χ1v) is 13.5. The van der Waals surface area contributed by atoms with Gasteiger partial charge in [-0.3, -0.25) is 9.78 Å². The zero-order valence-corrected chi connectivity index (χ0v) is 22.9. The lowest BCUT2D eigenvalue weighted by atomic mass is 9.75. The maximum atomic E-state index is 14.6. The molecule has 13 heteroatoms. The molecule has 42 heavy (non-hydrogen) atoms. The van der Waals surface area contributed by atoms with Gasteiger partial charge in [0.2, 0.25) is 0 Å². The Kier molecular flexibility index (Phi) is 8.20. The molecule has 0 spiro atoms. The zero-order valence-electron chi connectivity index (χ0n) is 22.9. The second-order valence-electron chi connectivity index (χ2n) is 10.6. The normalized spacial score (nSPS) is 17.6. The Hall–Kier alpha value is -4.03. The van der Waals surface area contributed by atoms with E-state index in [9.17, 15) is 31.1 Å². The number of rotatable bonds is 7. The highest BCUT2D eigenvalue weighted by Crippen LogP contribution is 2.42. The van der Waals surface area contributed by atoms with Crippen molar-refractivity contribution in [3.63, 3.8) is 0 Å². The minimum Gasteiger partial charge on any atom is -0.267 e. The molecule has 0 aliphatic heterocycles. The Balaban J connectivity index is 1.55. The summed E-state index contributed by atoms with van der Waals surface area (Å²) in [5, 5.41) is 11.8. The van der Waals surface area contributed by atoms with E-state index in [-0.39, 0.29) is 45.9 Å². The zero-order chi connectivity index (χ0) is 30.2. The maximum Gasteiger partial charge on any atom is 0.393 e. The minimum absolute atomic E-state index is 0.0144. The SMILES string of the molecule is Cc1cccc(F)c1C1CCC(c2cc(-c3nnn(C)c3C(F)F)nn(Cc3ncccc3CC(F)(F)F)c2=O)CC1. The van der Waals surface area contributed by atoms with E-state index in [4.69, 9.17) is 0 Å². The second-order valence-corrected chi connectivity index (χ2v) is 10.6. The van der Waals surface area contributed by atoms with Gasteiger partial charge in [-0.25, -0.2) is 22.5 Å². The topological polar surface area (TPSA) is 78.5 Å². The maximum absolute atomic E-state index is 14.6. The number of pyridine rings is 1. The van der Waals surface area contributed by atoms with Gasteiger partial charge in [-0.2, -0.15) is 18.3 Å². The van der Waals surface area contributed by atoms with Crippen molar-refractivity contribution in [1.29, 1.82) is 0 Å². The van der Waals surface area contributed by atoms with Gasteiger partial charge in [-0.1, -0.05) is 23.4 Å². The molecule has 7 nitrogen and oxygen atoms in total. The molecule has 1 aliphatic rings. The number of benzene rings is 1. The molecule has 0 unspecified atom stereocenters. The van der Waals surface area contributed by atoms with Crippen molar-refractivity contribution in [3.05, 3.63) is 92.4 Å². The van der Waals surface area contributed by atoms with Gasteiger partial charge in [0.05, 0.1) is 18.7 Å². The summed E-state index contributed by atoms with van der Waals surface area (Å²) in [6.07, 6.45) is -5.18. The van der Waals surface area contributed by atoms with Gasteiger partial charge >= 0.3 is 6.18 Å². The monoisotopic (exact) mass is 590 g/mol. The molecule has 3 heterocycles. The van der Waals surface area contributed by atoms with Crippen LogP contribution in [-0.2, 0) is 20.0 Å². The van der Waals surface area contributed by atoms with Gasteiger partial charge in [0.25, 0.3) is 12.0 Å². The Morgan fingerprint density at radius 1 is 1.05 bits per heavy atom. The van der Waals surface area contributed by atoms with Crippen LogP contribution in [0.3, 0.4) is 0 Å². The second kappa shape index (κ2) is 11.7. The molecule has 1 aliphatic carbocycles. The van der Waals surface area contributed by atoms with Crippen LogP contribution in [-0.4, -0.2) is 35.9 Å². The highest BCUT2D eigenvalue weighted by atomic mass is 19.4. The van der Waals surface area contributed by atoms with Crippen molar-refractivity contribution in [1.82, 2.24) is 29.8 Å². The summed E-state index contributed by atoms with van der Waals surface area (Å²) in [6.45, 7) is 1.45. The molecule has 1 aromatic carbocycles. The number of alkyl halides is 5. The third-order valence-corrected chi connectivity index (χ3v) is 7.84. The molecular weight excluding hydrogens is 562 g/mol. The minimum atomic E-state index is -4.51. The van der Waals surface area contributed by atoms with Crippen LogP contribution in [0.15, 0.2) is 47.4 Å². The molecule has 222 valence electrons. The van der Waals surface area contributed by atoms with E-state index in [0.717, 1.165) is 14.9 Å². The molecule has 0 amide bonds. The molecular formula is C29H28F6N6O. The van der Waals surface area contributed by atoms with Crippen LogP contribution in [0.5, 0.6) is 0 Å². The van der Waals surface area contributed by atoms with Crippen molar-refractivity contribution >= 4 is 0 Å². The highest BCUT2D eigenvalue weighted by molar-refractivity contribution is 5.57. The van der Waals surface area contributed by atoms with Gasteiger partial charge in [-0.15, -0.1) is 5.10 Å². The summed E-state index contributed by atoms with van der Waals surface area (Å²) >= 11 is 0. The molecule has 0 N–H and O–H groups in total. The number of nitrogens with zero attached hydrogens (tertiary/aromatic N) is 6. The lowest BCUT2D eigenvalue weighted by Gasteiger charge is -2.30. The van der Waals surface area contributed by atoms with E-state index in [1.165, 1.54) is 37.5 Å². The first-order chi connectivity index (χ1) is 19.9. The molecule has 0 atom stereocenters. The van der Waals surface area contributed by atoms with E-state index in [1.807, 2.05) is 13.0 Å². The largest absolute Gasteiger partial charge is 0.393 e. The van der Waals surface area contributed by atoms with E-state index < -0.39 is 36.8 Å². The standard InChI is InChI=1S/C29H28F6N6O/c1-16-5-3-7-21(30)24(16)18-10-8-17(9-11-18)20-13-22(25-26(27(31)32)40(2)39-37-25)38-41(28(20)42)15-23-19(6-4-12-36-23)14-29(33,34)35/h3-7,12-13,17-18,27H,8-11,14-15H2,1-2H3. The fourth-order valence-corrected chi connectivity index (χ4v) is 5.86. The average molecular weight is 591 g/mol. The molecule has 1 fully saturated rings. The van der Waals surface area contributed by atoms with Gasteiger partial charge < -0.3 is 0 Å². The third-order valence-electron chi connectivity index (χ3n) is 7.84. The summed E-state index contributed by atoms with van der Waals surface area (Å²) in [5.74, 6) is -0.632. The van der Waals surface area contributed by atoms with Crippen LogP contribution in [0.4, 0.5) is 26.3 Å². The van der Waals surface area contributed by atoms with E-state index in [0.29, 0.717) is 31.2 Å². The number of hydrogen-bond acceptors (Lipinski definition) is 5. The molecule has 0 bridgehead atoms. The van der Waals surface area contributed by atoms with Crippen LogP contribution < -0.4 is 5.56 Å². The number of aryl methyl sites for hydroxylation is 2. The highest BCUT2D eigenvalue weighted by Gasteiger charge is 2.32. The van der Waals surface area contributed by atoms with Crippen molar-refractivity contribution in [2.24, 2.45) is 7.05 Å². The quantitative estimate of drug-likeness (QED) is 0.233. The van der Waals surface area contributed by atoms with Crippen LogP contribution in [0.25, 0.3) is 11.4 Å². The number of hydrogen-bond donors (Lipinski definition) is 0. The van der Waals surface area contributed by atoms with E-state index >= 15 is 0 Å². The Morgan fingerprint density at radius 3 is 2.43 bits per heavy atom. The van der Waals surface area contributed by atoms with Gasteiger partial charge in [0, 0.05) is 18.8 Å². The lowest BCUT2D eigenvalue weighted by Crippen LogP contribution is -2.31. The van der Waals surface area contributed by atoms with Crippen LogP contribution in [0.1, 0.15) is 77.6 Å². The fraction of sp³-hybridized carbons (Fsp3) is 0.414. The van der Waals surface area contributed by atoms with Gasteiger partial charge in [0.1, 0.15) is 22.9 Å². The number of aromatic nitrogens is 6. The average Bonchev–Trinajstić information content (AvgIpc) is 3.32. The summed E-state index contributed by atoms with van der Waals surface area (Å²) in [5.41, 5.74) is 0.296. The fourth-order valence-electron chi connectivity index (χ4n) is 5.86. The van der Waals surface area contributed by atoms with Crippen molar-refractivity contribution in [3.8, 4) is 11.4 Å². The van der Waals surface area contributed by atoms with E-state index in [1.54, 1.807) is 6.07 Å². The summed E-state index contributed by atoms with van der Waals surface area (Å²) in [7, 11) is 1.30. The first kappa shape index (κ1) is 29.5. The predicted octanol–water partition coefficient (Wildman–Crippen LogP) is 6.41. The Morgan fingerprint density at radius 2 is 1.76 bits per heavy atom. The first-order valence-electron chi connectivity index (χ1n) is 13.5. The summed E-state index contributed by atoms with van der Waals surface area (Å²) in [6, 6.07) is 8.99. The predicted molar refractivity (Wildman–Crippen MR) is 142 cm³/mol. The Labute approximate surface area is 237 Å². The molecule has 3 aromatic heterocycles. The Bertz CT molecular complexity index is 1620. The van der Waals surface area contributed by atoms with Gasteiger partial charge in [0.15, 0.2) is 0 Å². The van der Waals surface area contributed by atoms with Crippen LogP contribution in [0.2, 0.25) is 0 Å².